The van der Waals surface area contributed by atoms with Crippen LogP contribution in [0.4, 0.5) is 4.79 Å². The molecule has 0 aliphatic carbocycles. The first-order valence-electron chi connectivity index (χ1n) is 8.10. The van der Waals surface area contributed by atoms with Crippen molar-refractivity contribution in [3.05, 3.63) is 35.9 Å². The predicted octanol–water partition coefficient (Wildman–Crippen LogP) is 2.37. The lowest BCUT2D eigenvalue weighted by Gasteiger charge is -2.26. The number of cyclic esters (lactones) is 1. The van der Waals surface area contributed by atoms with Gasteiger partial charge in [0.05, 0.1) is 24.6 Å². The highest BCUT2D eigenvalue weighted by Gasteiger charge is 2.49. The molecule has 2 heterocycles. The molecule has 6 heteroatoms. The van der Waals surface area contributed by atoms with E-state index in [1.165, 1.54) is 4.90 Å². The van der Waals surface area contributed by atoms with Crippen molar-refractivity contribution < 1.29 is 19.2 Å². The fraction of sp³-hybridized carbons (Fsp3) is 0.529. The van der Waals surface area contributed by atoms with Crippen molar-refractivity contribution in [2.45, 2.75) is 32.4 Å². The monoisotopic (exact) mass is 318 g/mol. The molecular weight excluding hydrogens is 296 g/mol. The fourth-order valence-corrected chi connectivity index (χ4v) is 3.33. The Balaban J connectivity index is 1.92. The molecular formula is C17H22N2O4. The summed E-state index contributed by atoms with van der Waals surface area (Å²) in [4.78, 5) is 31.8. The van der Waals surface area contributed by atoms with Crippen LogP contribution in [0, 0.1) is 5.92 Å². The van der Waals surface area contributed by atoms with E-state index in [2.05, 4.69) is 6.92 Å². The molecule has 0 radical (unpaired) electrons. The van der Waals surface area contributed by atoms with Crippen LogP contribution in [0.25, 0.3) is 0 Å². The van der Waals surface area contributed by atoms with Gasteiger partial charge in [0.1, 0.15) is 6.61 Å². The van der Waals surface area contributed by atoms with Gasteiger partial charge in [-0.25, -0.2) is 9.69 Å². The molecule has 0 bridgehead atoms. The number of nitrogens with zero attached hydrogens (tertiary/aromatic N) is 2. The zero-order chi connectivity index (χ0) is 16.4. The van der Waals surface area contributed by atoms with Crippen molar-refractivity contribution in [1.29, 1.82) is 0 Å². The molecule has 1 aromatic rings. The molecule has 2 aliphatic heterocycles. The fourth-order valence-electron chi connectivity index (χ4n) is 3.33. The van der Waals surface area contributed by atoms with Crippen molar-refractivity contribution in [2.24, 2.45) is 5.92 Å². The van der Waals surface area contributed by atoms with E-state index < -0.39 is 12.0 Å². The van der Waals surface area contributed by atoms with Crippen molar-refractivity contribution in [3.8, 4) is 0 Å². The number of hydrogen-bond acceptors (Lipinski definition) is 5. The second-order valence-electron chi connectivity index (χ2n) is 5.94. The standard InChI is InChI=1S/C17H22N2O4/c1-3-9-19-15(13-7-5-4-6-8-13)14(12(2)23-19)16(20)18-10-11-22-17(18)21/h4-8,12,14-15H,3,9-11H2,1-2H3/t12-,14-,15+/m1/s1. The van der Waals surface area contributed by atoms with E-state index in [1.807, 2.05) is 42.3 Å². The van der Waals surface area contributed by atoms with Gasteiger partial charge in [-0.05, 0) is 18.9 Å². The number of hydroxylamine groups is 2. The number of hydrogen-bond donors (Lipinski definition) is 0. The van der Waals surface area contributed by atoms with Gasteiger partial charge in [0.15, 0.2) is 0 Å². The average Bonchev–Trinajstić information content (AvgIpc) is 3.11. The lowest BCUT2D eigenvalue weighted by Crippen LogP contribution is -2.41. The van der Waals surface area contributed by atoms with E-state index in [1.54, 1.807) is 0 Å². The minimum Gasteiger partial charge on any atom is -0.447 e. The summed E-state index contributed by atoms with van der Waals surface area (Å²) in [5.74, 6) is -0.637. The van der Waals surface area contributed by atoms with Crippen molar-refractivity contribution in [2.75, 3.05) is 19.7 Å². The van der Waals surface area contributed by atoms with Crippen molar-refractivity contribution in [3.63, 3.8) is 0 Å². The van der Waals surface area contributed by atoms with Crippen molar-refractivity contribution in [1.82, 2.24) is 9.96 Å². The third-order valence-electron chi connectivity index (χ3n) is 4.35. The zero-order valence-electron chi connectivity index (χ0n) is 13.5. The van der Waals surface area contributed by atoms with Crippen LogP contribution in [-0.4, -0.2) is 47.8 Å². The van der Waals surface area contributed by atoms with Gasteiger partial charge in [0.2, 0.25) is 5.91 Å². The molecule has 2 aliphatic rings. The Labute approximate surface area is 135 Å². The quantitative estimate of drug-likeness (QED) is 0.853. The first-order chi connectivity index (χ1) is 11.1. The van der Waals surface area contributed by atoms with E-state index in [0.29, 0.717) is 6.54 Å². The highest BCUT2D eigenvalue weighted by Crippen LogP contribution is 2.40. The van der Waals surface area contributed by atoms with Gasteiger partial charge >= 0.3 is 6.09 Å². The molecule has 6 nitrogen and oxygen atoms in total. The molecule has 3 rings (SSSR count). The summed E-state index contributed by atoms with van der Waals surface area (Å²) in [6.45, 7) is 5.27. The Bertz CT molecular complexity index is 577. The Morgan fingerprint density at radius 3 is 2.65 bits per heavy atom. The topological polar surface area (TPSA) is 59.1 Å². The molecule has 0 N–H and O–H groups in total. The number of benzene rings is 1. The van der Waals surface area contributed by atoms with Gasteiger partial charge < -0.3 is 4.74 Å². The van der Waals surface area contributed by atoms with E-state index in [9.17, 15) is 9.59 Å². The highest BCUT2D eigenvalue weighted by atomic mass is 16.7. The van der Waals surface area contributed by atoms with Gasteiger partial charge in [0.25, 0.3) is 0 Å². The van der Waals surface area contributed by atoms with Gasteiger partial charge in [-0.2, -0.15) is 5.06 Å². The van der Waals surface area contributed by atoms with Crippen LogP contribution in [0.15, 0.2) is 30.3 Å². The lowest BCUT2D eigenvalue weighted by atomic mass is 9.89. The van der Waals surface area contributed by atoms with E-state index in [4.69, 9.17) is 9.57 Å². The third kappa shape index (κ3) is 2.96. The van der Waals surface area contributed by atoms with E-state index in [0.717, 1.165) is 18.5 Å². The maximum Gasteiger partial charge on any atom is 0.416 e. The lowest BCUT2D eigenvalue weighted by molar-refractivity contribution is -0.159. The normalized spacial score (nSPS) is 28.2. The number of rotatable bonds is 4. The van der Waals surface area contributed by atoms with Crippen LogP contribution >= 0.6 is 0 Å². The first kappa shape index (κ1) is 16.0. The summed E-state index contributed by atoms with van der Waals surface area (Å²) >= 11 is 0. The number of imide groups is 1. The van der Waals surface area contributed by atoms with Crippen LogP contribution in [0.3, 0.4) is 0 Å². The van der Waals surface area contributed by atoms with Crippen LogP contribution in [0.1, 0.15) is 31.9 Å². The predicted molar refractivity (Wildman–Crippen MR) is 83.3 cm³/mol. The molecule has 0 aromatic heterocycles. The highest BCUT2D eigenvalue weighted by molar-refractivity contribution is 5.95. The van der Waals surface area contributed by atoms with Crippen LogP contribution in [-0.2, 0) is 14.4 Å². The molecule has 1 aromatic carbocycles. The number of amides is 2. The summed E-state index contributed by atoms with van der Waals surface area (Å²) in [6.07, 6.45) is 0.0820. The zero-order valence-corrected chi connectivity index (χ0v) is 13.5. The molecule has 0 spiro atoms. The van der Waals surface area contributed by atoms with Gasteiger partial charge in [0, 0.05) is 6.54 Å². The van der Waals surface area contributed by atoms with Gasteiger partial charge in [-0.3, -0.25) is 9.63 Å². The molecule has 2 saturated heterocycles. The summed E-state index contributed by atoms with van der Waals surface area (Å²) in [6, 6.07) is 9.66. The third-order valence-corrected chi connectivity index (χ3v) is 4.35. The molecule has 124 valence electrons. The average molecular weight is 318 g/mol. The summed E-state index contributed by atoms with van der Waals surface area (Å²) in [7, 11) is 0. The van der Waals surface area contributed by atoms with E-state index in [-0.39, 0.29) is 24.7 Å². The Morgan fingerprint density at radius 2 is 2.04 bits per heavy atom. The molecule has 0 saturated carbocycles. The Hall–Kier alpha value is -1.92. The number of carbonyl (C=O) groups is 2. The molecule has 3 atom stereocenters. The molecule has 0 unspecified atom stereocenters. The number of carbonyl (C=O) groups excluding carboxylic acids is 2. The van der Waals surface area contributed by atoms with Crippen LogP contribution in [0.2, 0.25) is 0 Å². The van der Waals surface area contributed by atoms with E-state index >= 15 is 0 Å². The molecule has 2 amide bonds. The molecule has 2 fully saturated rings. The minimum absolute atomic E-state index is 0.188. The minimum atomic E-state index is -0.553. The second-order valence-corrected chi connectivity index (χ2v) is 5.94. The second kappa shape index (κ2) is 6.68. The largest absolute Gasteiger partial charge is 0.447 e. The molecule has 23 heavy (non-hydrogen) atoms. The Kier molecular flexibility index (Phi) is 4.63. The summed E-state index contributed by atoms with van der Waals surface area (Å²) in [5, 5.41) is 1.88. The summed E-state index contributed by atoms with van der Waals surface area (Å²) < 4.78 is 4.91. The van der Waals surface area contributed by atoms with Gasteiger partial charge in [-0.1, -0.05) is 37.3 Å². The first-order valence-corrected chi connectivity index (χ1v) is 8.10. The number of ether oxygens (including phenoxy) is 1. The van der Waals surface area contributed by atoms with Gasteiger partial charge in [-0.15, -0.1) is 0 Å². The smallest absolute Gasteiger partial charge is 0.416 e. The maximum absolute atomic E-state index is 12.9. The Morgan fingerprint density at radius 1 is 1.30 bits per heavy atom. The SMILES string of the molecule is CCCN1O[C@H](C)[C@@H](C(=O)N2CCOC2=O)[C@@H]1c1ccccc1. The van der Waals surface area contributed by atoms with Crippen LogP contribution in [0.5, 0.6) is 0 Å². The van der Waals surface area contributed by atoms with Crippen molar-refractivity contribution >= 4 is 12.0 Å². The summed E-state index contributed by atoms with van der Waals surface area (Å²) in [5.41, 5.74) is 1.02. The van der Waals surface area contributed by atoms with Crippen LogP contribution < -0.4 is 0 Å². The maximum atomic E-state index is 12.9.